The van der Waals surface area contributed by atoms with Crippen molar-refractivity contribution in [2.45, 2.75) is 44.2 Å². The van der Waals surface area contributed by atoms with Gasteiger partial charge in [0.05, 0.1) is 6.54 Å². The molecular formula is C13H24N4O6. The van der Waals surface area contributed by atoms with Gasteiger partial charge in [-0.15, -0.1) is 0 Å². The fraction of sp³-hybridized carbons (Fsp3) is 0.692. The molecule has 0 amide bonds. The molecule has 132 valence electrons. The summed E-state index contributed by atoms with van der Waals surface area (Å²) < 4.78 is 8.89. The average molecular weight is 332 g/mol. The quantitative estimate of drug-likeness (QED) is 0.249. The number of hydrogen-bond donors (Lipinski definition) is 4. The predicted octanol–water partition coefficient (Wildman–Crippen LogP) is -2.35. The monoisotopic (exact) mass is 332 g/mol. The van der Waals surface area contributed by atoms with E-state index in [0.29, 0.717) is 19.4 Å². The van der Waals surface area contributed by atoms with E-state index in [2.05, 4.69) is 9.47 Å². The Balaban J connectivity index is 3.99. The van der Waals surface area contributed by atoms with Gasteiger partial charge < -0.3 is 32.4 Å². The maximum absolute atomic E-state index is 11.5. The van der Waals surface area contributed by atoms with E-state index in [1.54, 1.807) is 0 Å². The molecule has 2 unspecified atom stereocenters. The third kappa shape index (κ3) is 9.68. The van der Waals surface area contributed by atoms with Gasteiger partial charge in [-0.1, -0.05) is 0 Å². The molecule has 2 atom stereocenters. The molecule has 0 saturated heterocycles. The van der Waals surface area contributed by atoms with Gasteiger partial charge in [-0.25, -0.2) is 9.59 Å². The number of ether oxygens (including phenoxy) is 2. The highest BCUT2D eigenvalue weighted by molar-refractivity contribution is 5.89. The SMILES string of the molecule is NCCCC(N)C(=O)OC(=O)CCCC(N)C(=O)OC(=O)CN. The van der Waals surface area contributed by atoms with Crippen molar-refractivity contribution in [1.29, 1.82) is 0 Å². The van der Waals surface area contributed by atoms with Gasteiger partial charge in [-0.05, 0) is 32.2 Å². The molecule has 0 rings (SSSR count). The van der Waals surface area contributed by atoms with Crippen molar-refractivity contribution in [3.63, 3.8) is 0 Å². The predicted molar refractivity (Wildman–Crippen MR) is 79.3 cm³/mol. The molecule has 0 aliphatic carbocycles. The summed E-state index contributed by atoms with van der Waals surface area (Å²) in [5, 5.41) is 0. The minimum absolute atomic E-state index is 0.0825. The molecule has 0 bridgehead atoms. The van der Waals surface area contributed by atoms with Gasteiger partial charge >= 0.3 is 23.9 Å². The van der Waals surface area contributed by atoms with Crippen LogP contribution in [0.25, 0.3) is 0 Å². The van der Waals surface area contributed by atoms with E-state index < -0.39 is 42.5 Å². The molecule has 0 aromatic heterocycles. The summed E-state index contributed by atoms with van der Waals surface area (Å²) in [7, 11) is 0. The molecule has 0 aliphatic rings. The van der Waals surface area contributed by atoms with Crippen LogP contribution < -0.4 is 22.9 Å². The van der Waals surface area contributed by atoms with E-state index in [4.69, 9.17) is 22.9 Å². The average Bonchev–Trinajstić information content (AvgIpc) is 2.51. The third-order valence-electron chi connectivity index (χ3n) is 2.82. The number of esters is 4. The van der Waals surface area contributed by atoms with Gasteiger partial charge in [-0.3, -0.25) is 9.59 Å². The number of carbonyl (C=O) groups excluding carboxylic acids is 4. The van der Waals surface area contributed by atoms with E-state index in [1.165, 1.54) is 0 Å². The lowest BCUT2D eigenvalue weighted by Gasteiger charge is -2.11. The minimum Gasteiger partial charge on any atom is -0.392 e. The standard InChI is InChI=1S/C13H24N4O6/c14-6-2-4-9(17)12(20)22-10(18)5-1-3-8(16)13(21)23-11(19)7-15/h8-9H,1-7,14-17H2. The molecule has 0 aromatic carbocycles. The summed E-state index contributed by atoms with van der Waals surface area (Å²) >= 11 is 0. The zero-order chi connectivity index (χ0) is 17.8. The second kappa shape index (κ2) is 11.7. The molecule has 0 aromatic rings. The van der Waals surface area contributed by atoms with Gasteiger partial charge in [0.1, 0.15) is 12.1 Å². The van der Waals surface area contributed by atoms with Gasteiger partial charge in [0, 0.05) is 6.42 Å². The summed E-state index contributed by atoms with van der Waals surface area (Å²) in [5.74, 6) is -3.40. The molecule has 23 heavy (non-hydrogen) atoms. The molecule has 0 saturated carbocycles. The van der Waals surface area contributed by atoms with Crippen molar-refractivity contribution in [1.82, 2.24) is 0 Å². The van der Waals surface area contributed by atoms with Crippen LogP contribution in [0, 0.1) is 0 Å². The van der Waals surface area contributed by atoms with Gasteiger partial charge in [0.15, 0.2) is 0 Å². The van der Waals surface area contributed by atoms with Crippen molar-refractivity contribution < 1.29 is 28.7 Å². The van der Waals surface area contributed by atoms with Crippen LogP contribution in [0.3, 0.4) is 0 Å². The maximum atomic E-state index is 11.5. The highest BCUT2D eigenvalue weighted by Crippen LogP contribution is 2.04. The van der Waals surface area contributed by atoms with Crippen LogP contribution in [0.4, 0.5) is 0 Å². The van der Waals surface area contributed by atoms with E-state index in [9.17, 15) is 19.2 Å². The maximum Gasteiger partial charge on any atom is 0.330 e. The minimum atomic E-state index is -1.07. The first-order valence-electron chi connectivity index (χ1n) is 7.22. The van der Waals surface area contributed by atoms with Gasteiger partial charge in [-0.2, -0.15) is 0 Å². The van der Waals surface area contributed by atoms with Crippen LogP contribution in [0.2, 0.25) is 0 Å². The number of hydrogen-bond acceptors (Lipinski definition) is 10. The summed E-state index contributed by atoms with van der Waals surface area (Å²) in [6, 6.07) is -1.97. The molecule has 0 heterocycles. The number of rotatable bonds is 10. The van der Waals surface area contributed by atoms with Crippen LogP contribution in [0.1, 0.15) is 32.1 Å². The van der Waals surface area contributed by atoms with Crippen LogP contribution in [0.15, 0.2) is 0 Å². The van der Waals surface area contributed by atoms with Crippen LogP contribution in [0.5, 0.6) is 0 Å². The van der Waals surface area contributed by atoms with Gasteiger partial charge in [0.2, 0.25) is 0 Å². The zero-order valence-electron chi connectivity index (χ0n) is 12.9. The molecule has 0 radical (unpaired) electrons. The zero-order valence-corrected chi connectivity index (χ0v) is 12.9. The first kappa shape index (κ1) is 21.1. The Morgan fingerprint density at radius 1 is 0.783 bits per heavy atom. The molecule has 0 spiro atoms. The van der Waals surface area contributed by atoms with Crippen LogP contribution in [-0.4, -0.2) is 49.1 Å². The Labute approximate surface area is 133 Å². The molecule has 0 aliphatic heterocycles. The lowest BCUT2D eigenvalue weighted by atomic mass is 10.1. The fourth-order valence-corrected chi connectivity index (χ4v) is 1.51. The van der Waals surface area contributed by atoms with E-state index in [0.717, 1.165) is 0 Å². The highest BCUT2D eigenvalue weighted by atomic mass is 16.6. The van der Waals surface area contributed by atoms with Crippen molar-refractivity contribution in [3.8, 4) is 0 Å². The molecule has 8 N–H and O–H groups in total. The smallest absolute Gasteiger partial charge is 0.330 e. The summed E-state index contributed by atoms with van der Waals surface area (Å²) in [4.78, 5) is 45.1. The molecule has 0 fully saturated rings. The molecule has 10 nitrogen and oxygen atoms in total. The Hall–Kier alpha value is -1.88. The molecular weight excluding hydrogens is 308 g/mol. The lowest BCUT2D eigenvalue weighted by molar-refractivity contribution is -0.162. The Bertz CT molecular complexity index is 429. The number of nitrogens with two attached hydrogens (primary N) is 4. The first-order valence-corrected chi connectivity index (χ1v) is 7.22. The number of carbonyl (C=O) groups is 4. The second-order valence-electron chi connectivity index (χ2n) is 4.83. The Kier molecular flexibility index (Phi) is 10.7. The van der Waals surface area contributed by atoms with Crippen molar-refractivity contribution in [2.75, 3.05) is 13.1 Å². The molecule has 10 heteroatoms. The Morgan fingerprint density at radius 3 is 1.74 bits per heavy atom. The lowest BCUT2D eigenvalue weighted by Crippen LogP contribution is -2.36. The van der Waals surface area contributed by atoms with Crippen molar-refractivity contribution in [2.24, 2.45) is 22.9 Å². The van der Waals surface area contributed by atoms with E-state index >= 15 is 0 Å². The van der Waals surface area contributed by atoms with Crippen LogP contribution in [-0.2, 0) is 28.7 Å². The third-order valence-corrected chi connectivity index (χ3v) is 2.82. The first-order chi connectivity index (χ1) is 10.8. The normalized spacial score (nSPS) is 13.0. The second-order valence-corrected chi connectivity index (χ2v) is 4.83. The topological polar surface area (TPSA) is 191 Å². The van der Waals surface area contributed by atoms with E-state index in [-0.39, 0.29) is 19.3 Å². The van der Waals surface area contributed by atoms with Gasteiger partial charge in [0.25, 0.3) is 0 Å². The van der Waals surface area contributed by atoms with Crippen LogP contribution >= 0.6 is 0 Å². The summed E-state index contributed by atoms with van der Waals surface area (Å²) in [6.45, 7) is -0.0487. The fourth-order valence-electron chi connectivity index (χ4n) is 1.51. The van der Waals surface area contributed by atoms with Crippen molar-refractivity contribution in [3.05, 3.63) is 0 Å². The van der Waals surface area contributed by atoms with E-state index in [1.807, 2.05) is 0 Å². The summed E-state index contributed by atoms with van der Waals surface area (Å²) in [6.07, 6.45) is 1.01. The summed E-state index contributed by atoms with van der Waals surface area (Å²) in [5.41, 5.74) is 21.3. The Morgan fingerprint density at radius 2 is 1.26 bits per heavy atom. The van der Waals surface area contributed by atoms with Crippen molar-refractivity contribution >= 4 is 23.9 Å². The largest absolute Gasteiger partial charge is 0.392 e. The highest BCUT2D eigenvalue weighted by Gasteiger charge is 2.20.